The summed E-state index contributed by atoms with van der Waals surface area (Å²) < 4.78 is 18.6. The van der Waals surface area contributed by atoms with Crippen molar-refractivity contribution in [2.75, 3.05) is 13.7 Å². The van der Waals surface area contributed by atoms with Crippen LogP contribution in [-0.4, -0.2) is 13.7 Å². The molecule has 1 unspecified atom stereocenters. The topological polar surface area (TPSA) is 61.3 Å². The molecule has 1 aromatic carbocycles. The molecular weight excluding hydrogens is 219 g/mol. The molecule has 94 valence electrons. The monoisotopic (exact) mass is 238 g/mol. The maximum Gasteiger partial charge on any atom is 0.123 e. The Morgan fingerprint density at radius 1 is 1.47 bits per heavy atom. The fourth-order valence-corrected chi connectivity index (χ4v) is 2.55. The Labute approximate surface area is 101 Å². The lowest BCUT2D eigenvalue weighted by Crippen LogP contribution is -2.46. The van der Waals surface area contributed by atoms with Crippen molar-refractivity contribution in [2.24, 2.45) is 16.9 Å². The summed E-state index contributed by atoms with van der Waals surface area (Å²) in [6.45, 7) is 0.536. The van der Waals surface area contributed by atoms with Gasteiger partial charge in [-0.15, -0.1) is 0 Å². The highest BCUT2D eigenvalue weighted by Gasteiger charge is 2.42. The van der Waals surface area contributed by atoms with Crippen LogP contribution >= 0.6 is 0 Å². The molecule has 1 aliphatic rings. The lowest BCUT2D eigenvalue weighted by molar-refractivity contribution is 0.103. The third kappa shape index (κ3) is 2.03. The van der Waals surface area contributed by atoms with Gasteiger partial charge in [-0.2, -0.15) is 0 Å². The molecule has 0 aromatic heterocycles. The van der Waals surface area contributed by atoms with E-state index in [0.29, 0.717) is 12.3 Å². The van der Waals surface area contributed by atoms with Crippen molar-refractivity contribution in [3.05, 3.63) is 29.6 Å². The molecule has 1 aromatic rings. The summed E-state index contributed by atoms with van der Waals surface area (Å²) in [5.41, 5.74) is 12.7. The summed E-state index contributed by atoms with van der Waals surface area (Å²) in [6, 6.07) is 4.20. The van der Waals surface area contributed by atoms with Crippen LogP contribution in [-0.2, 0) is 0 Å². The smallest absolute Gasteiger partial charge is 0.123 e. The normalized spacial score (nSPS) is 19.5. The van der Waals surface area contributed by atoms with Crippen molar-refractivity contribution >= 4 is 0 Å². The second-order valence-corrected chi connectivity index (χ2v) is 4.78. The van der Waals surface area contributed by atoms with Crippen LogP contribution < -0.4 is 16.2 Å². The zero-order chi connectivity index (χ0) is 12.5. The van der Waals surface area contributed by atoms with Gasteiger partial charge in [0.05, 0.1) is 7.11 Å². The van der Waals surface area contributed by atoms with E-state index >= 15 is 0 Å². The first-order valence-corrected chi connectivity index (χ1v) is 5.92. The third-order valence-electron chi connectivity index (χ3n) is 3.94. The molecule has 2 rings (SSSR count). The SMILES string of the molecule is COc1ccc(F)cc1C(N)C1(CN)CCC1. The number of methoxy groups -OCH3 is 1. The van der Waals surface area contributed by atoms with Crippen LogP contribution in [0.15, 0.2) is 18.2 Å². The standard InChI is InChI=1S/C13H19FN2O/c1-17-11-4-3-9(14)7-10(11)12(16)13(8-15)5-2-6-13/h3-4,7,12H,2,5-6,8,15-16H2,1H3. The molecule has 0 spiro atoms. The van der Waals surface area contributed by atoms with Crippen molar-refractivity contribution in [2.45, 2.75) is 25.3 Å². The van der Waals surface area contributed by atoms with E-state index in [1.165, 1.54) is 12.1 Å². The summed E-state index contributed by atoms with van der Waals surface area (Å²) in [5.74, 6) is 0.348. The molecule has 1 fully saturated rings. The zero-order valence-electron chi connectivity index (χ0n) is 10.1. The summed E-state index contributed by atoms with van der Waals surface area (Å²) in [4.78, 5) is 0. The van der Waals surface area contributed by atoms with Crippen LogP contribution in [0.2, 0.25) is 0 Å². The van der Waals surface area contributed by atoms with Crippen molar-refractivity contribution in [3.8, 4) is 5.75 Å². The van der Waals surface area contributed by atoms with Gasteiger partial charge in [-0.3, -0.25) is 0 Å². The molecule has 0 heterocycles. The number of benzene rings is 1. The minimum absolute atomic E-state index is 0.0823. The quantitative estimate of drug-likeness (QED) is 0.843. The Morgan fingerprint density at radius 2 is 2.18 bits per heavy atom. The first-order chi connectivity index (χ1) is 8.13. The van der Waals surface area contributed by atoms with Gasteiger partial charge in [0, 0.05) is 17.0 Å². The summed E-state index contributed by atoms with van der Waals surface area (Å²) >= 11 is 0. The summed E-state index contributed by atoms with van der Waals surface area (Å²) in [7, 11) is 1.57. The van der Waals surface area contributed by atoms with Gasteiger partial charge in [-0.05, 0) is 37.6 Å². The molecule has 0 bridgehead atoms. The van der Waals surface area contributed by atoms with Gasteiger partial charge in [0.15, 0.2) is 0 Å². The van der Waals surface area contributed by atoms with Gasteiger partial charge in [0.25, 0.3) is 0 Å². The predicted molar refractivity (Wildman–Crippen MR) is 65.2 cm³/mol. The maximum absolute atomic E-state index is 13.3. The molecular formula is C13H19FN2O. The highest BCUT2D eigenvalue weighted by Crippen LogP contribution is 2.49. The Morgan fingerprint density at radius 3 is 2.65 bits per heavy atom. The van der Waals surface area contributed by atoms with E-state index in [0.717, 1.165) is 24.8 Å². The summed E-state index contributed by atoms with van der Waals surface area (Å²) in [5, 5.41) is 0. The highest BCUT2D eigenvalue weighted by molar-refractivity contribution is 5.38. The van der Waals surface area contributed by atoms with Crippen LogP contribution in [0.1, 0.15) is 30.9 Å². The Balaban J connectivity index is 2.35. The van der Waals surface area contributed by atoms with Crippen LogP contribution in [0.3, 0.4) is 0 Å². The first kappa shape index (κ1) is 12.3. The first-order valence-electron chi connectivity index (χ1n) is 5.92. The lowest BCUT2D eigenvalue weighted by Gasteiger charge is -2.46. The van der Waals surface area contributed by atoms with Gasteiger partial charge in [-0.1, -0.05) is 6.42 Å². The van der Waals surface area contributed by atoms with Crippen molar-refractivity contribution in [3.63, 3.8) is 0 Å². The van der Waals surface area contributed by atoms with E-state index in [2.05, 4.69) is 0 Å². The summed E-state index contributed by atoms with van der Waals surface area (Å²) in [6.07, 6.45) is 3.15. The van der Waals surface area contributed by atoms with Gasteiger partial charge in [-0.25, -0.2) is 4.39 Å². The van der Waals surface area contributed by atoms with Gasteiger partial charge < -0.3 is 16.2 Å². The second-order valence-electron chi connectivity index (χ2n) is 4.78. The number of nitrogens with two attached hydrogens (primary N) is 2. The fraction of sp³-hybridized carbons (Fsp3) is 0.538. The number of ether oxygens (including phenoxy) is 1. The van der Waals surface area contributed by atoms with Crippen molar-refractivity contribution < 1.29 is 9.13 Å². The van der Waals surface area contributed by atoms with E-state index in [9.17, 15) is 4.39 Å². The van der Waals surface area contributed by atoms with Crippen molar-refractivity contribution in [1.82, 2.24) is 0 Å². The zero-order valence-corrected chi connectivity index (χ0v) is 10.1. The average molecular weight is 238 g/mol. The number of rotatable bonds is 4. The Bertz CT molecular complexity index is 399. The Hall–Kier alpha value is -1.13. The molecule has 1 aliphatic carbocycles. The molecule has 0 aliphatic heterocycles. The minimum atomic E-state index is -0.289. The minimum Gasteiger partial charge on any atom is -0.496 e. The molecule has 0 amide bonds. The van der Waals surface area contributed by atoms with Crippen LogP contribution in [0.25, 0.3) is 0 Å². The molecule has 0 radical (unpaired) electrons. The number of hydrogen-bond donors (Lipinski definition) is 2. The van der Waals surface area contributed by atoms with E-state index in [4.69, 9.17) is 16.2 Å². The molecule has 17 heavy (non-hydrogen) atoms. The molecule has 3 nitrogen and oxygen atoms in total. The molecule has 4 N–H and O–H groups in total. The predicted octanol–water partition coefficient (Wildman–Crippen LogP) is 1.96. The average Bonchev–Trinajstić information content (AvgIpc) is 2.28. The van der Waals surface area contributed by atoms with Gasteiger partial charge >= 0.3 is 0 Å². The third-order valence-corrected chi connectivity index (χ3v) is 3.94. The number of hydrogen-bond acceptors (Lipinski definition) is 3. The molecule has 0 saturated heterocycles. The van der Waals surface area contributed by atoms with Gasteiger partial charge in [0.1, 0.15) is 11.6 Å². The van der Waals surface area contributed by atoms with E-state index < -0.39 is 0 Å². The fourth-order valence-electron chi connectivity index (χ4n) is 2.55. The van der Waals surface area contributed by atoms with Crippen molar-refractivity contribution in [1.29, 1.82) is 0 Å². The van der Waals surface area contributed by atoms with E-state index in [-0.39, 0.29) is 17.3 Å². The second kappa shape index (κ2) is 4.63. The molecule has 4 heteroatoms. The highest BCUT2D eigenvalue weighted by atomic mass is 19.1. The van der Waals surface area contributed by atoms with Crippen LogP contribution in [0.4, 0.5) is 4.39 Å². The van der Waals surface area contributed by atoms with E-state index in [1.807, 2.05) is 0 Å². The Kier molecular flexibility index (Phi) is 3.35. The van der Waals surface area contributed by atoms with Crippen LogP contribution in [0, 0.1) is 11.2 Å². The molecule has 1 atom stereocenters. The lowest BCUT2D eigenvalue weighted by atomic mass is 9.62. The van der Waals surface area contributed by atoms with Gasteiger partial charge in [0.2, 0.25) is 0 Å². The van der Waals surface area contributed by atoms with E-state index in [1.54, 1.807) is 13.2 Å². The largest absolute Gasteiger partial charge is 0.496 e. The maximum atomic E-state index is 13.3. The molecule has 1 saturated carbocycles. The van der Waals surface area contributed by atoms with Crippen LogP contribution in [0.5, 0.6) is 5.75 Å². The number of halogens is 1.